The molecule has 0 atom stereocenters. The minimum Gasteiger partial charge on any atom is -0.240 e. The molecule has 1 aromatic rings. The summed E-state index contributed by atoms with van der Waals surface area (Å²) in [5.74, 6) is 6.18. The molecule has 2 radical (unpaired) electrons. The summed E-state index contributed by atoms with van der Waals surface area (Å²) >= 11 is 0. The topological polar surface area (TPSA) is 25.8 Å². The molecule has 2 aliphatic carbocycles. The highest BCUT2D eigenvalue weighted by molar-refractivity contribution is 5.19. The van der Waals surface area contributed by atoms with Gasteiger partial charge in [0, 0.05) is 18.3 Å². The molecule has 1 heterocycles. The van der Waals surface area contributed by atoms with Crippen LogP contribution < -0.4 is 0 Å². The molecule has 0 spiro atoms. The van der Waals surface area contributed by atoms with Crippen LogP contribution in [0.2, 0.25) is 0 Å². The van der Waals surface area contributed by atoms with E-state index in [1.165, 1.54) is 57.3 Å². The highest BCUT2D eigenvalue weighted by atomic mass is 14.9. The molecule has 0 aliphatic heterocycles. The van der Waals surface area contributed by atoms with Gasteiger partial charge in [0.05, 0.1) is 0 Å². The zero-order valence-electron chi connectivity index (χ0n) is 12.9. The monoisotopic (exact) mass is 270 g/mol. The Morgan fingerprint density at radius 2 is 1.50 bits per heavy atom. The molecule has 3 rings (SSSR count). The lowest BCUT2D eigenvalue weighted by Crippen LogP contribution is -2.24. The van der Waals surface area contributed by atoms with Crippen LogP contribution in [0.4, 0.5) is 0 Å². The Balaban J connectivity index is 1.53. The van der Waals surface area contributed by atoms with Crippen LogP contribution in [-0.4, -0.2) is 9.97 Å². The van der Waals surface area contributed by atoms with Crippen LogP contribution in [0.3, 0.4) is 0 Å². The Bertz CT molecular complexity index is 410. The molecular weight excluding hydrogens is 244 g/mol. The minimum atomic E-state index is 0.886. The smallest absolute Gasteiger partial charge is 0.135 e. The third-order valence-corrected chi connectivity index (χ3v) is 5.18. The highest BCUT2D eigenvalue weighted by Gasteiger charge is 2.31. The fourth-order valence-electron chi connectivity index (χ4n) is 3.71. The van der Waals surface area contributed by atoms with Gasteiger partial charge in [0.1, 0.15) is 5.82 Å². The summed E-state index contributed by atoms with van der Waals surface area (Å²) in [5.41, 5.74) is 1.15. The van der Waals surface area contributed by atoms with E-state index in [9.17, 15) is 0 Å². The van der Waals surface area contributed by atoms with Gasteiger partial charge in [-0.2, -0.15) is 0 Å². The number of hydrogen-bond donors (Lipinski definition) is 0. The quantitative estimate of drug-likeness (QED) is 0.779. The van der Waals surface area contributed by atoms with Gasteiger partial charge in [0.15, 0.2) is 0 Å². The molecule has 2 fully saturated rings. The standard InChI is InChI=1S/C18H26N2/c1-13-3-5-15(6-4-13)16-7-9-17(10-8-16)18-19-11-14(2)12-20-18/h11-13,16H,3-10H2,1-2H3. The number of rotatable bonds is 2. The molecular formula is C18H26N2. The van der Waals surface area contributed by atoms with Gasteiger partial charge in [-0.15, -0.1) is 0 Å². The molecule has 2 heteroatoms. The maximum Gasteiger partial charge on any atom is 0.135 e. The van der Waals surface area contributed by atoms with Gasteiger partial charge in [-0.3, -0.25) is 0 Å². The van der Waals surface area contributed by atoms with Crippen LogP contribution in [0.5, 0.6) is 0 Å². The number of aryl methyl sites for hydroxylation is 1. The Morgan fingerprint density at radius 3 is 2.10 bits per heavy atom. The maximum atomic E-state index is 4.49. The molecule has 0 saturated heterocycles. The van der Waals surface area contributed by atoms with Crippen LogP contribution in [0.15, 0.2) is 12.4 Å². The van der Waals surface area contributed by atoms with Crippen molar-refractivity contribution < 1.29 is 0 Å². The summed E-state index contributed by atoms with van der Waals surface area (Å²) in [4.78, 5) is 8.99. The molecule has 20 heavy (non-hydrogen) atoms. The molecule has 0 N–H and O–H groups in total. The summed E-state index contributed by atoms with van der Waals surface area (Å²) in [6.07, 6.45) is 14.6. The second kappa shape index (κ2) is 6.24. The van der Waals surface area contributed by atoms with Crippen LogP contribution in [0.25, 0.3) is 0 Å². The normalized spacial score (nSPS) is 24.1. The molecule has 0 bridgehead atoms. The molecule has 0 amide bonds. The molecule has 0 unspecified atom stereocenters. The largest absolute Gasteiger partial charge is 0.240 e. The summed E-state index contributed by atoms with van der Waals surface area (Å²) in [7, 11) is 0. The minimum absolute atomic E-state index is 0.886. The van der Waals surface area contributed by atoms with Gasteiger partial charge in [0.25, 0.3) is 0 Å². The van der Waals surface area contributed by atoms with E-state index in [0.29, 0.717) is 0 Å². The predicted octanol–water partition coefficient (Wildman–Crippen LogP) is 4.68. The Kier molecular flexibility index (Phi) is 4.38. The van der Waals surface area contributed by atoms with E-state index in [-0.39, 0.29) is 0 Å². The van der Waals surface area contributed by atoms with Crippen LogP contribution in [0.1, 0.15) is 69.7 Å². The van der Waals surface area contributed by atoms with Crippen molar-refractivity contribution in [1.29, 1.82) is 0 Å². The van der Waals surface area contributed by atoms with E-state index >= 15 is 0 Å². The highest BCUT2D eigenvalue weighted by Crippen LogP contribution is 2.43. The van der Waals surface area contributed by atoms with Crippen molar-refractivity contribution in [3.63, 3.8) is 0 Å². The zero-order chi connectivity index (χ0) is 13.9. The van der Waals surface area contributed by atoms with E-state index in [1.807, 2.05) is 25.2 Å². The first kappa shape index (κ1) is 14.0. The van der Waals surface area contributed by atoms with Crippen LogP contribution in [0, 0.1) is 30.6 Å². The SMILES string of the molecule is Cc1cnc([C]2CCC([C]3CCC(C)CC3)CC2)nc1. The Labute approximate surface area is 123 Å². The van der Waals surface area contributed by atoms with Crippen molar-refractivity contribution in [1.82, 2.24) is 9.97 Å². The molecule has 2 nitrogen and oxygen atoms in total. The van der Waals surface area contributed by atoms with Crippen molar-refractivity contribution in [2.75, 3.05) is 0 Å². The van der Waals surface area contributed by atoms with E-state index in [2.05, 4.69) is 16.9 Å². The molecule has 0 aromatic carbocycles. The third kappa shape index (κ3) is 3.21. The summed E-state index contributed by atoms with van der Waals surface area (Å²) in [6, 6.07) is 0. The lowest BCUT2D eigenvalue weighted by molar-refractivity contribution is 0.306. The summed E-state index contributed by atoms with van der Waals surface area (Å²) in [5, 5.41) is 0. The van der Waals surface area contributed by atoms with Crippen molar-refractivity contribution >= 4 is 0 Å². The van der Waals surface area contributed by atoms with Gasteiger partial charge in [-0.25, -0.2) is 9.97 Å². The van der Waals surface area contributed by atoms with Crippen molar-refractivity contribution in [3.8, 4) is 0 Å². The van der Waals surface area contributed by atoms with Crippen LogP contribution >= 0.6 is 0 Å². The number of nitrogens with zero attached hydrogens (tertiary/aromatic N) is 2. The number of hydrogen-bond acceptors (Lipinski definition) is 2. The zero-order valence-corrected chi connectivity index (χ0v) is 12.9. The average molecular weight is 270 g/mol. The fraction of sp³-hybridized carbons (Fsp3) is 0.667. The van der Waals surface area contributed by atoms with E-state index < -0.39 is 0 Å². The van der Waals surface area contributed by atoms with Crippen molar-refractivity contribution in [2.45, 2.75) is 65.2 Å². The second-order valence-electron chi connectivity index (χ2n) is 6.80. The lowest BCUT2D eigenvalue weighted by atomic mass is 9.69. The third-order valence-electron chi connectivity index (χ3n) is 5.18. The molecule has 108 valence electrons. The van der Waals surface area contributed by atoms with E-state index in [0.717, 1.165) is 23.2 Å². The molecule has 2 saturated carbocycles. The average Bonchev–Trinajstić information content (AvgIpc) is 2.49. The van der Waals surface area contributed by atoms with Crippen molar-refractivity contribution in [3.05, 3.63) is 35.6 Å². The maximum absolute atomic E-state index is 4.49. The van der Waals surface area contributed by atoms with Gasteiger partial charge in [-0.1, -0.05) is 19.8 Å². The summed E-state index contributed by atoms with van der Waals surface area (Å²) in [6.45, 7) is 4.45. The first-order valence-corrected chi connectivity index (χ1v) is 8.20. The van der Waals surface area contributed by atoms with Crippen molar-refractivity contribution in [2.24, 2.45) is 11.8 Å². The molecule has 1 aromatic heterocycles. The van der Waals surface area contributed by atoms with E-state index in [4.69, 9.17) is 0 Å². The Morgan fingerprint density at radius 1 is 0.900 bits per heavy atom. The van der Waals surface area contributed by atoms with Gasteiger partial charge in [0.2, 0.25) is 0 Å². The second-order valence-corrected chi connectivity index (χ2v) is 6.80. The van der Waals surface area contributed by atoms with Gasteiger partial charge in [-0.05, 0) is 68.8 Å². The fourth-order valence-corrected chi connectivity index (χ4v) is 3.71. The van der Waals surface area contributed by atoms with Gasteiger partial charge >= 0.3 is 0 Å². The van der Waals surface area contributed by atoms with Gasteiger partial charge < -0.3 is 0 Å². The van der Waals surface area contributed by atoms with Crippen LogP contribution in [-0.2, 0) is 0 Å². The molecule has 2 aliphatic rings. The first-order valence-electron chi connectivity index (χ1n) is 8.20. The first-order chi connectivity index (χ1) is 9.72. The van der Waals surface area contributed by atoms with E-state index in [1.54, 1.807) is 0 Å². The number of aromatic nitrogens is 2. The summed E-state index contributed by atoms with van der Waals surface area (Å²) < 4.78 is 0. The Hall–Kier alpha value is -0.920. The lowest BCUT2D eigenvalue weighted by Gasteiger charge is -2.36. The predicted molar refractivity (Wildman–Crippen MR) is 81.9 cm³/mol.